The van der Waals surface area contributed by atoms with Crippen LogP contribution >= 0.6 is 0 Å². The molecule has 0 aliphatic rings. The zero-order chi connectivity index (χ0) is 11.6. The summed E-state index contributed by atoms with van der Waals surface area (Å²) >= 11 is 0. The maximum Gasteiger partial charge on any atom is 0.306 e. The largest absolute Gasteiger partial charge is 0.481 e. The van der Waals surface area contributed by atoms with Gasteiger partial charge in [-0.1, -0.05) is 27.2 Å². The van der Waals surface area contributed by atoms with E-state index in [1.165, 1.54) is 0 Å². The quantitative estimate of drug-likeness (QED) is 0.721. The van der Waals surface area contributed by atoms with Crippen LogP contribution in [0.25, 0.3) is 0 Å². The third kappa shape index (κ3) is 13.5. The lowest BCUT2D eigenvalue weighted by molar-refractivity contribution is -0.141. The van der Waals surface area contributed by atoms with Crippen LogP contribution in [0, 0.1) is 5.92 Å². The standard InChI is InChI=1S/2C5H10O2/c1-3-4(2)5(6)7;1-2-3-4-5(6)7/h4H,3H2,1-2H3,(H,6,7);2-4H2,1H3,(H,6,7). The lowest BCUT2D eigenvalue weighted by atomic mass is 10.1. The second-order valence-electron chi connectivity index (χ2n) is 3.14. The van der Waals surface area contributed by atoms with Gasteiger partial charge in [0.1, 0.15) is 0 Å². The Morgan fingerprint density at radius 3 is 1.79 bits per heavy atom. The summed E-state index contributed by atoms with van der Waals surface area (Å²) in [5.41, 5.74) is 0. The number of carbonyl (C=O) groups is 2. The Bertz CT molecular complexity index is 166. The summed E-state index contributed by atoms with van der Waals surface area (Å²) in [5.74, 6) is -1.58. The van der Waals surface area contributed by atoms with Crippen molar-refractivity contribution in [2.45, 2.75) is 46.5 Å². The van der Waals surface area contributed by atoms with Crippen LogP contribution in [-0.4, -0.2) is 22.2 Å². The molecule has 0 aliphatic carbocycles. The topological polar surface area (TPSA) is 74.6 Å². The van der Waals surface area contributed by atoms with Crippen molar-refractivity contribution in [1.29, 1.82) is 0 Å². The van der Waals surface area contributed by atoms with Crippen LogP contribution in [0.15, 0.2) is 0 Å². The zero-order valence-electron chi connectivity index (χ0n) is 9.12. The Balaban J connectivity index is 0. The number of hydrogen-bond donors (Lipinski definition) is 2. The van der Waals surface area contributed by atoms with Gasteiger partial charge in [0, 0.05) is 6.42 Å². The number of carboxylic acids is 2. The van der Waals surface area contributed by atoms with Gasteiger partial charge in [0.25, 0.3) is 0 Å². The van der Waals surface area contributed by atoms with Crippen molar-refractivity contribution < 1.29 is 19.8 Å². The van der Waals surface area contributed by atoms with E-state index in [2.05, 4.69) is 0 Å². The Morgan fingerprint density at radius 1 is 1.21 bits per heavy atom. The third-order valence-electron chi connectivity index (χ3n) is 1.78. The van der Waals surface area contributed by atoms with Gasteiger partial charge < -0.3 is 10.2 Å². The number of carboxylic acid groups (broad SMARTS) is 2. The van der Waals surface area contributed by atoms with E-state index in [0.29, 0.717) is 6.42 Å². The lowest BCUT2D eigenvalue weighted by Gasteiger charge is -1.96. The molecule has 0 fully saturated rings. The molecule has 0 aliphatic heterocycles. The molecule has 0 bridgehead atoms. The van der Waals surface area contributed by atoms with Crippen molar-refractivity contribution >= 4 is 11.9 Å². The molecule has 1 atom stereocenters. The summed E-state index contributed by atoms with van der Waals surface area (Å²) in [7, 11) is 0. The molecule has 0 aromatic carbocycles. The van der Waals surface area contributed by atoms with Crippen LogP contribution in [0.5, 0.6) is 0 Å². The highest BCUT2D eigenvalue weighted by atomic mass is 16.4. The molecule has 0 aromatic rings. The fraction of sp³-hybridized carbons (Fsp3) is 0.800. The first-order chi connectivity index (χ1) is 6.45. The van der Waals surface area contributed by atoms with Crippen LogP contribution in [0.3, 0.4) is 0 Å². The molecule has 0 rings (SSSR count). The van der Waals surface area contributed by atoms with Gasteiger partial charge in [0.05, 0.1) is 5.92 Å². The van der Waals surface area contributed by atoms with Crippen molar-refractivity contribution in [2.75, 3.05) is 0 Å². The molecular weight excluding hydrogens is 184 g/mol. The van der Waals surface area contributed by atoms with Gasteiger partial charge in [-0.15, -0.1) is 0 Å². The van der Waals surface area contributed by atoms with Gasteiger partial charge in [-0.05, 0) is 12.8 Å². The van der Waals surface area contributed by atoms with Crippen LogP contribution in [0.2, 0.25) is 0 Å². The van der Waals surface area contributed by atoms with Gasteiger partial charge in [0.2, 0.25) is 0 Å². The summed E-state index contributed by atoms with van der Waals surface area (Å²) < 4.78 is 0. The molecule has 4 nitrogen and oxygen atoms in total. The van der Waals surface area contributed by atoms with E-state index in [1.807, 2.05) is 13.8 Å². The van der Waals surface area contributed by atoms with Gasteiger partial charge in [0.15, 0.2) is 0 Å². The molecule has 0 radical (unpaired) electrons. The number of aliphatic carboxylic acids is 2. The van der Waals surface area contributed by atoms with Crippen LogP contribution in [0.1, 0.15) is 46.5 Å². The lowest BCUT2D eigenvalue weighted by Crippen LogP contribution is -2.06. The van der Waals surface area contributed by atoms with E-state index in [9.17, 15) is 9.59 Å². The van der Waals surface area contributed by atoms with Gasteiger partial charge in [-0.3, -0.25) is 9.59 Å². The molecule has 2 N–H and O–H groups in total. The van der Waals surface area contributed by atoms with Crippen molar-refractivity contribution in [3.05, 3.63) is 0 Å². The third-order valence-corrected chi connectivity index (χ3v) is 1.78. The van der Waals surface area contributed by atoms with E-state index in [4.69, 9.17) is 10.2 Å². The average Bonchev–Trinajstić information content (AvgIpc) is 2.14. The highest BCUT2D eigenvalue weighted by Gasteiger charge is 2.05. The summed E-state index contributed by atoms with van der Waals surface area (Å²) in [6.07, 6.45) is 2.80. The smallest absolute Gasteiger partial charge is 0.306 e. The van der Waals surface area contributed by atoms with Crippen molar-refractivity contribution in [1.82, 2.24) is 0 Å². The Kier molecular flexibility index (Phi) is 11.0. The summed E-state index contributed by atoms with van der Waals surface area (Å²) in [6, 6.07) is 0. The molecule has 4 heteroatoms. The average molecular weight is 204 g/mol. The van der Waals surface area contributed by atoms with Crippen LogP contribution in [-0.2, 0) is 9.59 Å². The molecule has 14 heavy (non-hydrogen) atoms. The molecule has 0 aromatic heterocycles. The first-order valence-electron chi connectivity index (χ1n) is 4.90. The van der Waals surface area contributed by atoms with E-state index >= 15 is 0 Å². The monoisotopic (exact) mass is 204 g/mol. The zero-order valence-corrected chi connectivity index (χ0v) is 9.12. The fourth-order valence-corrected chi connectivity index (χ4v) is 0.503. The minimum absolute atomic E-state index is 0.181. The summed E-state index contributed by atoms with van der Waals surface area (Å²) in [6.45, 7) is 5.53. The van der Waals surface area contributed by atoms with Gasteiger partial charge in [-0.25, -0.2) is 0 Å². The first kappa shape index (κ1) is 15.4. The molecule has 1 unspecified atom stereocenters. The molecule has 84 valence electrons. The molecule has 0 saturated carbocycles. The number of hydrogen-bond acceptors (Lipinski definition) is 2. The second kappa shape index (κ2) is 10.0. The highest BCUT2D eigenvalue weighted by molar-refractivity contribution is 5.69. The van der Waals surface area contributed by atoms with Crippen molar-refractivity contribution in [2.24, 2.45) is 5.92 Å². The first-order valence-corrected chi connectivity index (χ1v) is 4.90. The predicted octanol–water partition coefficient (Wildman–Crippen LogP) is 2.38. The maximum absolute atomic E-state index is 9.93. The molecule has 0 spiro atoms. The fourth-order valence-electron chi connectivity index (χ4n) is 0.503. The van der Waals surface area contributed by atoms with E-state index in [-0.39, 0.29) is 5.92 Å². The van der Waals surface area contributed by atoms with Crippen LogP contribution in [0.4, 0.5) is 0 Å². The van der Waals surface area contributed by atoms with Gasteiger partial charge >= 0.3 is 11.9 Å². The molecule has 0 saturated heterocycles. The Morgan fingerprint density at radius 2 is 1.71 bits per heavy atom. The molecular formula is C10H20O4. The minimum atomic E-state index is -0.706. The maximum atomic E-state index is 9.93. The summed E-state index contributed by atoms with van der Waals surface area (Å²) in [5, 5.41) is 16.2. The van der Waals surface area contributed by atoms with Gasteiger partial charge in [-0.2, -0.15) is 0 Å². The van der Waals surface area contributed by atoms with E-state index in [1.54, 1.807) is 6.92 Å². The molecule has 0 heterocycles. The minimum Gasteiger partial charge on any atom is -0.481 e. The second-order valence-corrected chi connectivity index (χ2v) is 3.14. The number of unbranched alkanes of at least 4 members (excludes halogenated alkanes) is 1. The Labute approximate surface area is 84.9 Å². The highest BCUT2D eigenvalue weighted by Crippen LogP contribution is 1.97. The van der Waals surface area contributed by atoms with Crippen molar-refractivity contribution in [3.8, 4) is 0 Å². The number of rotatable bonds is 5. The molecule has 0 amide bonds. The normalized spacial score (nSPS) is 11.1. The van der Waals surface area contributed by atoms with E-state index in [0.717, 1.165) is 19.3 Å². The van der Waals surface area contributed by atoms with Crippen LogP contribution < -0.4 is 0 Å². The predicted molar refractivity (Wildman–Crippen MR) is 54.3 cm³/mol. The SMILES string of the molecule is CCC(C)C(=O)O.CCCCC(=O)O. The Hall–Kier alpha value is -1.06. The van der Waals surface area contributed by atoms with Crippen molar-refractivity contribution in [3.63, 3.8) is 0 Å². The summed E-state index contributed by atoms with van der Waals surface area (Å²) in [4.78, 5) is 19.7. The van der Waals surface area contributed by atoms with E-state index < -0.39 is 11.9 Å².